The highest BCUT2D eigenvalue weighted by molar-refractivity contribution is 4.88. The van der Waals surface area contributed by atoms with E-state index in [-0.39, 0.29) is 6.10 Å². The number of nitrogens with zero attached hydrogens (tertiary/aromatic N) is 1. The average molecular weight is 198 g/mol. The van der Waals surface area contributed by atoms with Crippen LogP contribution in [0.4, 0.5) is 0 Å². The molecule has 2 rings (SSSR count). The Balaban J connectivity index is 1.94. The van der Waals surface area contributed by atoms with Crippen LogP contribution in [0.3, 0.4) is 0 Å². The molecule has 0 radical (unpaired) electrons. The lowest BCUT2D eigenvalue weighted by molar-refractivity contribution is -0.0202. The van der Waals surface area contributed by atoms with Crippen molar-refractivity contribution in [3.8, 4) is 0 Å². The summed E-state index contributed by atoms with van der Waals surface area (Å²) in [5.74, 6) is 0.860. The van der Waals surface area contributed by atoms with Crippen LogP contribution >= 0.6 is 0 Å². The molecule has 3 heteroatoms. The summed E-state index contributed by atoms with van der Waals surface area (Å²) in [5, 5.41) is 13.3. The minimum atomic E-state index is -0.0967. The van der Waals surface area contributed by atoms with Crippen LogP contribution in [-0.2, 0) is 0 Å². The van der Waals surface area contributed by atoms with E-state index >= 15 is 0 Å². The molecule has 2 aliphatic heterocycles. The predicted octanol–water partition coefficient (Wildman–Crippen LogP) is 0.297. The van der Waals surface area contributed by atoms with Crippen molar-refractivity contribution in [2.75, 3.05) is 26.2 Å². The van der Waals surface area contributed by atoms with Gasteiger partial charge in [-0.15, -0.1) is 0 Å². The molecule has 14 heavy (non-hydrogen) atoms. The third-order valence-electron chi connectivity index (χ3n) is 3.76. The van der Waals surface area contributed by atoms with Crippen LogP contribution < -0.4 is 5.32 Å². The molecule has 0 saturated carbocycles. The Morgan fingerprint density at radius 2 is 1.86 bits per heavy atom. The Kier molecular flexibility index (Phi) is 3.10. The van der Waals surface area contributed by atoms with Gasteiger partial charge in [0.05, 0.1) is 6.10 Å². The van der Waals surface area contributed by atoms with Gasteiger partial charge in [0.1, 0.15) is 0 Å². The van der Waals surface area contributed by atoms with E-state index in [4.69, 9.17) is 0 Å². The van der Waals surface area contributed by atoms with E-state index in [1.54, 1.807) is 0 Å². The lowest BCUT2D eigenvalue weighted by Gasteiger charge is -2.41. The molecule has 0 spiro atoms. The van der Waals surface area contributed by atoms with Crippen LogP contribution in [-0.4, -0.2) is 48.3 Å². The Hall–Kier alpha value is -0.120. The van der Waals surface area contributed by atoms with Crippen molar-refractivity contribution < 1.29 is 5.11 Å². The maximum atomic E-state index is 9.86. The van der Waals surface area contributed by atoms with Gasteiger partial charge in [0.15, 0.2) is 0 Å². The van der Waals surface area contributed by atoms with Crippen LogP contribution in [0.5, 0.6) is 0 Å². The summed E-state index contributed by atoms with van der Waals surface area (Å²) in [6.45, 7) is 8.75. The Morgan fingerprint density at radius 3 is 2.36 bits per heavy atom. The van der Waals surface area contributed by atoms with Crippen LogP contribution in [0.15, 0.2) is 0 Å². The maximum absolute atomic E-state index is 9.86. The monoisotopic (exact) mass is 198 g/mol. The van der Waals surface area contributed by atoms with E-state index in [0.29, 0.717) is 17.9 Å². The fourth-order valence-electron chi connectivity index (χ4n) is 2.84. The summed E-state index contributed by atoms with van der Waals surface area (Å²) >= 11 is 0. The van der Waals surface area contributed by atoms with Crippen molar-refractivity contribution in [1.82, 2.24) is 10.2 Å². The number of hydrogen-bond donors (Lipinski definition) is 2. The molecule has 2 heterocycles. The van der Waals surface area contributed by atoms with Crippen LogP contribution in [0.1, 0.15) is 20.3 Å². The van der Waals surface area contributed by atoms with Crippen molar-refractivity contribution in [3.63, 3.8) is 0 Å². The fraction of sp³-hybridized carbons (Fsp3) is 1.00. The second kappa shape index (κ2) is 4.17. The molecule has 0 aliphatic carbocycles. The third-order valence-corrected chi connectivity index (χ3v) is 3.76. The number of aliphatic hydroxyl groups excluding tert-OH is 1. The molecule has 0 amide bonds. The molecule has 2 saturated heterocycles. The second-order valence-electron chi connectivity index (χ2n) is 5.05. The van der Waals surface area contributed by atoms with Gasteiger partial charge < -0.3 is 10.4 Å². The summed E-state index contributed by atoms with van der Waals surface area (Å²) in [4.78, 5) is 2.56. The number of hydrogen-bond acceptors (Lipinski definition) is 3. The number of likely N-dealkylation sites (tertiary alicyclic amines) is 1. The van der Waals surface area contributed by atoms with Gasteiger partial charge in [-0.25, -0.2) is 0 Å². The summed E-state index contributed by atoms with van der Waals surface area (Å²) in [6, 6.07) is 0.715. The molecular formula is C11H22N2O. The molecule has 2 N–H and O–H groups in total. The highest BCUT2D eigenvalue weighted by Gasteiger charge is 2.34. The average Bonchev–Trinajstić information content (AvgIpc) is 2.66. The van der Waals surface area contributed by atoms with E-state index in [0.717, 1.165) is 26.2 Å². The van der Waals surface area contributed by atoms with Crippen LogP contribution in [0.2, 0.25) is 0 Å². The Bertz CT molecular complexity index is 180. The van der Waals surface area contributed by atoms with Gasteiger partial charge in [0, 0.05) is 25.7 Å². The van der Waals surface area contributed by atoms with Crippen molar-refractivity contribution in [2.24, 2.45) is 11.8 Å². The molecule has 3 unspecified atom stereocenters. The van der Waals surface area contributed by atoms with Gasteiger partial charge in [-0.3, -0.25) is 4.90 Å². The first kappa shape index (κ1) is 10.4. The van der Waals surface area contributed by atoms with E-state index in [2.05, 4.69) is 24.1 Å². The molecule has 2 aliphatic rings. The Labute approximate surface area is 86.5 Å². The maximum Gasteiger partial charge on any atom is 0.0615 e. The Morgan fingerprint density at radius 1 is 1.21 bits per heavy atom. The highest BCUT2D eigenvalue weighted by Crippen LogP contribution is 2.24. The van der Waals surface area contributed by atoms with Gasteiger partial charge in [0.25, 0.3) is 0 Å². The minimum absolute atomic E-state index is 0.0967. The standard InChI is InChI=1S/C11H22N2O/c1-8-6-13(7-9(2)11(8)14)10-3-4-12-5-10/h8-12,14H,3-7H2,1-2H3. The van der Waals surface area contributed by atoms with Crippen molar-refractivity contribution in [3.05, 3.63) is 0 Å². The molecule has 0 aromatic heterocycles. The molecule has 2 fully saturated rings. The smallest absolute Gasteiger partial charge is 0.0615 e. The predicted molar refractivity (Wildman–Crippen MR) is 57.2 cm³/mol. The first-order valence-corrected chi connectivity index (χ1v) is 5.81. The lowest BCUT2D eigenvalue weighted by Crippen LogP contribution is -2.51. The molecule has 82 valence electrons. The zero-order valence-electron chi connectivity index (χ0n) is 9.24. The second-order valence-corrected chi connectivity index (χ2v) is 5.05. The van der Waals surface area contributed by atoms with Gasteiger partial charge >= 0.3 is 0 Å². The van der Waals surface area contributed by atoms with E-state index in [1.807, 2.05) is 0 Å². The molecule has 0 aromatic rings. The third kappa shape index (κ3) is 1.95. The minimum Gasteiger partial charge on any atom is -0.392 e. The summed E-state index contributed by atoms with van der Waals surface area (Å²) < 4.78 is 0. The van der Waals surface area contributed by atoms with Crippen LogP contribution in [0.25, 0.3) is 0 Å². The van der Waals surface area contributed by atoms with Gasteiger partial charge in [-0.1, -0.05) is 13.8 Å². The molecule has 3 atom stereocenters. The van der Waals surface area contributed by atoms with E-state index < -0.39 is 0 Å². The summed E-state index contributed by atoms with van der Waals surface area (Å²) in [5.41, 5.74) is 0. The van der Waals surface area contributed by atoms with Gasteiger partial charge in [-0.05, 0) is 24.8 Å². The molecule has 3 nitrogen and oxygen atoms in total. The SMILES string of the molecule is CC1CN(C2CCNC2)CC(C)C1O. The first-order valence-electron chi connectivity index (χ1n) is 5.81. The summed E-state index contributed by atoms with van der Waals surface area (Å²) in [7, 11) is 0. The fourth-order valence-corrected chi connectivity index (χ4v) is 2.84. The summed E-state index contributed by atoms with van der Waals surface area (Å²) in [6.07, 6.45) is 1.18. The number of rotatable bonds is 1. The number of nitrogens with one attached hydrogen (secondary N) is 1. The van der Waals surface area contributed by atoms with E-state index in [9.17, 15) is 5.11 Å². The normalized spacial score (nSPS) is 45.6. The van der Waals surface area contributed by atoms with Crippen LogP contribution in [0, 0.1) is 11.8 Å². The number of aliphatic hydroxyl groups is 1. The molecular weight excluding hydrogens is 176 g/mol. The van der Waals surface area contributed by atoms with Crippen molar-refractivity contribution in [2.45, 2.75) is 32.4 Å². The zero-order valence-corrected chi connectivity index (χ0v) is 9.24. The van der Waals surface area contributed by atoms with Gasteiger partial charge in [0.2, 0.25) is 0 Å². The topological polar surface area (TPSA) is 35.5 Å². The first-order chi connectivity index (χ1) is 6.68. The zero-order chi connectivity index (χ0) is 10.1. The van der Waals surface area contributed by atoms with Gasteiger partial charge in [-0.2, -0.15) is 0 Å². The van der Waals surface area contributed by atoms with E-state index in [1.165, 1.54) is 6.42 Å². The largest absolute Gasteiger partial charge is 0.392 e. The molecule has 0 bridgehead atoms. The number of piperidine rings is 1. The molecule has 0 aromatic carbocycles. The van der Waals surface area contributed by atoms with Crippen molar-refractivity contribution in [1.29, 1.82) is 0 Å². The highest BCUT2D eigenvalue weighted by atomic mass is 16.3. The van der Waals surface area contributed by atoms with Crippen molar-refractivity contribution >= 4 is 0 Å². The lowest BCUT2D eigenvalue weighted by atomic mass is 9.87. The quantitative estimate of drug-likeness (QED) is 0.636.